The summed E-state index contributed by atoms with van der Waals surface area (Å²) >= 11 is 0. The predicted molar refractivity (Wildman–Crippen MR) is 121 cm³/mol. The molecule has 0 bridgehead atoms. The quantitative estimate of drug-likeness (QED) is 0.234. The molecule has 1 aromatic heterocycles. The fraction of sp³-hybridized carbons (Fsp3) is 0.880. The van der Waals surface area contributed by atoms with Crippen molar-refractivity contribution < 1.29 is 0 Å². The summed E-state index contributed by atoms with van der Waals surface area (Å²) < 4.78 is 2.47. The smallest absolute Gasteiger partial charge is 0.111 e. The summed E-state index contributed by atoms with van der Waals surface area (Å²) in [5.74, 6) is 1.97. The summed E-state index contributed by atoms with van der Waals surface area (Å²) in [5, 5.41) is 0. The summed E-state index contributed by atoms with van der Waals surface area (Å²) in [6, 6.07) is 0.594. The number of nitrogens with zero attached hydrogens (tertiary/aromatic N) is 2. The van der Waals surface area contributed by atoms with Crippen molar-refractivity contribution in [3.63, 3.8) is 0 Å². The number of unbranched alkanes of at least 4 members (excludes halogenated alkanes) is 11. The van der Waals surface area contributed by atoms with Crippen LogP contribution in [0.5, 0.6) is 0 Å². The van der Waals surface area contributed by atoms with Crippen molar-refractivity contribution in [3.05, 3.63) is 18.2 Å². The van der Waals surface area contributed by atoms with Gasteiger partial charge in [-0.05, 0) is 26.2 Å². The van der Waals surface area contributed by atoms with E-state index >= 15 is 0 Å². The molecule has 0 fully saturated rings. The number of rotatable bonds is 18. The largest absolute Gasteiger partial charge is 0.332 e. The Labute approximate surface area is 170 Å². The van der Waals surface area contributed by atoms with E-state index in [2.05, 4.69) is 38.5 Å². The van der Waals surface area contributed by atoms with Gasteiger partial charge in [-0.3, -0.25) is 0 Å². The van der Waals surface area contributed by atoms with Crippen LogP contribution in [-0.4, -0.2) is 9.55 Å². The summed E-state index contributed by atoms with van der Waals surface area (Å²) in [6.07, 6.45) is 26.3. The van der Waals surface area contributed by atoms with Crippen LogP contribution >= 0.6 is 0 Å². The molecule has 0 radical (unpaired) electrons. The summed E-state index contributed by atoms with van der Waals surface area (Å²) in [4.78, 5) is 4.73. The van der Waals surface area contributed by atoms with Gasteiger partial charge in [0, 0.05) is 24.4 Å². The zero-order valence-corrected chi connectivity index (χ0v) is 19.0. The Morgan fingerprint density at radius 1 is 0.741 bits per heavy atom. The van der Waals surface area contributed by atoms with Crippen LogP contribution in [0.15, 0.2) is 12.4 Å². The van der Waals surface area contributed by atoms with Crippen molar-refractivity contribution in [2.24, 2.45) is 0 Å². The van der Waals surface area contributed by atoms with E-state index in [-0.39, 0.29) is 0 Å². The number of hydrogen-bond donors (Lipinski definition) is 0. The zero-order chi connectivity index (χ0) is 19.7. The molecule has 2 atom stereocenters. The normalized spacial score (nSPS) is 13.8. The second-order valence-electron chi connectivity index (χ2n) is 8.61. The van der Waals surface area contributed by atoms with Crippen LogP contribution in [0.4, 0.5) is 0 Å². The SMILES string of the molecule is CCCCCCCCCCCCCC(C)n1ccnc1C(CC)CCCC. The van der Waals surface area contributed by atoms with Crippen LogP contribution in [0.3, 0.4) is 0 Å². The Balaban J connectivity index is 2.17. The lowest BCUT2D eigenvalue weighted by Crippen LogP contribution is -2.12. The molecule has 0 aromatic carbocycles. The van der Waals surface area contributed by atoms with Crippen molar-refractivity contribution in [1.29, 1.82) is 0 Å². The molecule has 0 aliphatic carbocycles. The Kier molecular flexibility index (Phi) is 14.5. The van der Waals surface area contributed by atoms with Gasteiger partial charge in [-0.2, -0.15) is 0 Å². The minimum Gasteiger partial charge on any atom is -0.332 e. The van der Waals surface area contributed by atoms with Gasteiger partial charge < -0.3 is 4.57 Å². The molecule has 27 heavy (non-hydrogen) atoms. The molecule has 0 spiro atoms. The third-order valence-electron chi connectivity index (χ3n) is 6.16. The molecule has 2 nitrogen and oxygen atoms in total. The maximum absolute atomic E-state index is 4.73. The lowest BCUT2D eigenvalue weighted by Gasteiger charge is -2.21. The standard InChI is InChI=1S/C25H48N2/c1-5-8-10-11-12-13-14-15-16-17-18-19-23(4)27-22-21-26-25(27)24(7-3)20-9-6-2/h21-24H,5-20H2,1-4H3. The van der Waals surface area contributed by atoms with Crippen LogP contribution in [0, 0.1) is 0 Å². The summed E-state index contributed by atoms with van der Waals surface area (Å²) in [5.41, 5.74) is 0. The van der Waals surface area contributed by atoms with Crippen LogP contribution < -0.4 is 0 Å². The highest BCUT2D eigenvalue weighted by Gasteiger charge is 2.17. The van der Waals surface area contributed by atoms with Gasteiger partial charge in [-0.25, -0.2) is 4.98 Å². The molecule has 0 saturated carbocycles. The molecule has 0 amide bonds. The maximum Gasteiger partial charge on any atom is 0.111 e. The van der Waals surface area contributed by atoms with Crippen molar-refractivity contribution in [3.8, 4) is 0 Å². The average Bonchev–Trinajstić information content (AvgIpc) is 3.16. The molecule has 0 aliphatic rings. The molecular weight excluding hydrogens is 328 g/mol. The highest BCUT2D eigenvalue weighted by Crippen LogP contribution is 2.28. The Morgan fingerprint density at radius 3 is 1.85 bits per heavy atom. The molecular formula is C25H48N2. The van der Waals surface area contributed by atoms with Crippen LogP contribution in [0.25, 0.3) is 0 Å². The van der Waals surface area contributed by atoms with E-state index in [1.54, 1.807) is 0 Å². The molecule has 2 unspecified atom stereocenters. The molecule has 2 heteroatoms. The molecule has 1 heterocycles. The van der Waals surface area contributed by atoms with E-state index in [1.807, 2.05) is 6.20 Å². The van der Waals surface area contributed by atoms with Gasteiger partial charge in [0.05, 0.1) is 0 Å². The van der Waals surface area contributed by atoms with Gasteiger partial charge >= 0.3 is 0 Å². The zero-order valence-electron chi connectivity index (χ0n) is 19.0. The van der Waals surface area contributed by atoms with E-state index in [0.717, 1.165) is 0 Å². The topological polar surface area (TPSA) is 17.8 Å². The number of hydrogen-bond acceptors (Lipinski definition) is 1. The third kappa shape index (κ3) is 10.4. The van der Waals surface area contributed by atoms with Gasteiger partial charge in [0.15, 0.2) is 0 Å². The molecule has 0 aliphatic heterocycles. The van der Waals surface area contributed by atoms with Crippen molar-refractivity contribution >= 4 is 0 Å². The van der Waals surface area contributed by atoms with Crippen molar-refractivity contribution in [2.75, 3.05) is 0 Å². The van der Waals surface area contributed by atoms with Gasteiger partial charge in [-0.1, -0.05) is 104 Å². The van der Waals surface area contributed by atoms with Gasteiger partial charge in [0.25, 0.3) is 0 Å². The first kappa shape index (κ1) is 24.2. The van der Waals surface area contributed by atoms with Crippen molar-refractivity contribution in [1.82, 2.24) is 9.55 Å². The Hall–Kier alpha value is -0.790. The highest BCUT2D eigenvalue weighted by molar-refractivity contribution is 5.02. The molecule has 0 saturated heterocycles. The van der Waals surface area contributed by atoms with Crippen molar-refractivity contribution in [2.45, 2.75) is 142 Å². The number of imidazole rings is 1. The van der Waals surface area contributed by atoms with E-state index in [1.165, 1.54) is 109 Å². The molecule has 1 aromatic rings. The first-order chi connectivity index (χ1) is 13.2. The lowest BCUT2D eigenvalue weighted by molar-refractivity contribution is 0.428. The Morgan fingerprint density at radius 2 is 1.30 bits per heavy atom. The highest BCUT2D eigenvalue weighted by atomic mass is 15.1. The average molecular weight is 377 g/mol. The second kappa shape index (κ2) is 16.2. The van der Waals surface area contributed by atoms with E-state index in [0.29, 0.717) is 12.0 Å². The maximum atomic E-state index is 4.73. The van der Waals surface area contributed by atoms with Crippen LogP contribution in [0.1, 0.15) is 148 Å². The molecule has 0 N–H and O–H groups in total. The minimum absolute atomic E-state index is 0.594. The van der Waals surface area contributed by atoms with Crippen LogP contribution in [0.2, 0.25) is 0 Å². The minimum atomic E-state index is 0.594. The summed E-state index contributed by atoms with van der Waals surface area (Å²) in [6.45, 7) is 9.28. The summed E-state index contributed by atoms with van der Waals surface area (Å²) in [7, 11) is 0. The third-order valence-corrected chi connectivity index (χ3v) is 6.16. The van der Waals surface area contributed by atoms with Crippen LogP contribution in [-0.2, 0) is 0 Å². The molecule has 158 valence electrons. The van der Waals surface area contributed by atoms with E-state index in [9.17, 15) is 0 Å². The van der Waals surface area contributed by atoms with Gasteiger partial charge in [0.2, 0.25) is 0 Å². The lowest BCUT2D eigenvalue weighted by atomic mass is 9.97. The molecule has 1 rings (SSSR count). The first-order valence-corrected chi connectivity index (χ1v) is 12.3. The number of aromatic nitrogens is 2. The fourth-order valence-electron chi connectivity index (χ4n) is 4.22. The first-order valence-electron chi connectivity index (χ1n) is 12.3. The van der Waals surface area contributed by atoms with E-state index in [4.69, 9.17) is 4.98 Å². The van der Waals surface area contributed by atoms with Gasteiger partial charge in [0.1, 0.15) is 5.82 Å². The monoisotopic (exact) mass is 376 g/mol. The fourth-order valence-corrected chi connectivity index (χ4v) is 4.22. The van der Waals surface area contributed by atoms with Gasteiger partial charge in [-0.15, -0.1) is 0 Å². The Bertz CT molecular complexity index is 437. The second-order valence-corrected chi connectivity index (χ2v) is 8.61. The predicted octanol–water partition coefficient (Wildman–Crippen LogP) is 8.83. The van der Waals surface area contributed by atoms with E-state index < -0.39 is 0 Å².